The molecule has 0 fully saturated rings. The minimum Gasteiger partial charge on any atom is -0.383 e. The van der Waals surface area contributed by atoms with Crippen molar-refractivity contribution in [1.29, 1.82) is 5.26 Å². The largest absolute Gasteiger partial charge is 0.383 e. The number of nitrogens with zero attached hydrogens (tertiary/aromatic N) is 2. The lowest BCUT2D eigenvalue weighted by molar-refractivity contribution is 0.182. The van der Waals surface area contributed by atoms with E-state index in [0.29, 0.717) is 12.2 Å². The van der Waals surface area contributed by atoms with E-state index in [1.54, 1.807) is 7.11 Å². The Hall–Kier alpha value is -1.05. The van der Waals surface area contributed by atoms with Crippen LogP contribution in [0.5, 0.6) is 0 Å². The fourth-order valence-electron chi connectivity index (χ4n) is 1.91. The van der Waals surface area contributed by atoms with Crippen molar-refractivity contribution in [3.63, 3.8) is 0 Å². The van der Waals surface area contributed by atoms with Gasteiger partial charge in [-0.25, -0.2) is 0 Å². The molecule has 0 bridgehead atoms. The molecule has 0 aliphatic heterocycles. The van der Waals surface area contributed by atoms with E-state index < -0.39 is 0 Å². The van der Waals surface area contributed by atoms with Gasteiger partial charge in [0.15, 0.2) is 0 Å². The van der Waals surface area contributed by atoms with Crippen molar-refractivity contribution >= 4 is 21.6 Å². The minimum atomic E-state index is 0.242. The molecule has 4 heteroatoms. The Labute approximate surface area is 111 Å². The molecule has 17 heavy (non-hydrogen) atoms. The van der Waals surface area contributed by atoms with Crippen molar-refractivity contribution in [2.24, 2.45) is 0 Å². The number of nitriles is 1. The van der Waals surface area contributed by atoms with Gasteiger partial charge >= 0.3 is 0 Å². The Morgan fingerprint density at radius 1 is 1.53 bits per heavy atom. The van der Waals surface area contributed by atoms with Crippen LogP contribution in [-0.2, 0) is 4.74 Å². The molecular formula is C13H17BrN2O. The van der Waals surface area contributed by atoms with E-state index in [0.717, 1.165) is 16.7 Å². The number of hydrogen-bond donors (Lipinski definition) is 0. The summed E-state index contributed by atoms with van der Waals surface area (Å²) < 4.78 is 6.01. The Morgan fingerprint density at radius 3 is 2.76 bits per heavy atom. The number of benzene rings is 1. The first-order valence-electron chi connectivity index (χ1n) is 5.59. The number of ether oxygens (including phenoxy) is 1. The Morgan fingerprint density at radius 2 is 2.24 bits per heavy atom. The van der Waals surface area contributed by atoms with Crippen LogP contribution < -0.4 is 4.90 Å². The average Bonchev–Trinajstić information content (AvgIpc) is 2.30. The molecule has 1 aromatic carbocycles. The molecule has 0 aromatic heterocycles. The molecule has 0 saturated carbocycles. The van der Waals surface area contributed by atoms with E-state index in [1.807, 2.05) is 18.2 Å². The van der Waals surface area contributed by atoms with E-state index in [1.165, 1.54) is 0 Å². The number of likely N-dealkylation sites (N-methyl/N-ethyl adjacent to an activating group) is 1. The van der Waals surface area contributed by atoms with Crippen molar-refractivity contribution in [3.05, 3.63) is 28.2 Å². The van der Waals surface area contributed by atoms with Gasteiger partial charge in [-0.2, -0.15) is 5.26 Å². The molecule has 0 aliphatic rings. The third kappa shape index (κ3) is 3.21. The van der Waals surface area contributed by atoms with Crippen LogP contribution in [0, 0.1) is 11.3 Å². The summed E-state index contributed by atoms with van der Waals surface area (Å²) in [6.07, 6.45) is 0. The third-order valence-electron chi connectivity index (χ3n) is 2.69. The van der Waals surface area contributed by atoms with Crippen LogP contribution in [0.1, 0.15) is 19.4 Å². The van der Waals surface area contributed by atoms with Crippen molar-refractivity contribution in [2.45, 2.75) is 19.9 Å². The second-order valence-electron chi connectivity index (χ2n) is 3.84. The van der Waals surface area contributed by atoms with E-state index in [9.17, 15) is 5.26 Å². The zero-order valence-electron chi connectivity index (χ0n) is 10.4. The quantitative estimate of drug-likeness (QED) is 0.837. The minimum absolute atomic E-state index is 0.242. The van der Waals surface area contributed by atoms with Crippen LogP contribution in [0.4, 0.5) is 5.69 Å². The molecule has 0 heterocycles. The van der Waals surface area contributed by atoms with Crippen LogP contribution in [0.15, 0.2) is 22.7 Å². The lowest BCUT2D eigenvalue weighted by Crippen LogP contribution is -2.36. The average molecular weight is 297 g/mol. The summed E-state index contributed by atoms with van der Waals surface area (Å²) in [5, 5.41) is 9.22. The summed E-state index contributed by atoms with van der Waals surface area (Å²) in [7, 11) is 1.69. The molecule has 1 rings (SSSR count). The Bertz CT molecular complexity index is 414. The van der Waals surface area contributed by atoms with Gasteiger partial charge in [-0.15, -0.1) is 0 Å². The number of hydrogen-bond acceptors (Lipinski definition) is 3. The summed E-state index contributed by atoms with van der Waals surface area (Å²) in [6, 6.07) is 8.29. The fourth-order valence-corrected chi connectivity index (χ4v) is 2.36. The predicted octanol–water partition coefficient (Wildman–Crippen LogP) is 3.18. The highest BCUT2D eigenvalue weighted by molar-refractivity contribution is 9.10. The zero-order valence-corrected chi connectivity index (χ0v) is 12.0. The van der Waals surface area contributed by atoms with Gasteiger partial charge in [0.1, 0.15) is 6.07 Å². The second kappa shape index (κ2) is 6.63. The van der Waals surface area contributed by atoms with Gasteiger partial charge < -0.3 is 9.64 Å². The Balaban J connectivity index is 3.12. The molecule has 92 valence electrons. The number of halogens is 1. The molecule has 0 aliphatic carbocycles. The first-order valence-corrected chi connectivity index (χ1v) is 6.39. The number of rotatable bonds is 5. The van der Waals surface area contributed by atoms with E-state index in [2.05, 4.69) is 40.7 Å². The lowest BCUT2D eigenvalue weighted by Gasteiger charge is -2.30. The van der Waals surface area contributed by atoms with Gasteiger partial charge in [0, 0.05) is 24.2 Å². The highest BCUT2D eigenvalue weighted by Gasteiger charge is 2.17. The number of methoxy groups -OCH3 is 1. The topological polar surface area (TPSA) is 36.3 Å². The molecule has 0 radical (unpaired) electrons. The number of anilines is 1. The third-order valence-corrected chi connectivity index (χ3v) is 3.35. The summed E-state index contributed by atoms with van der Waals surface area (Å²) in [5.41, 5.74) is 1.63. The van der Waals surface area contributed by atoms with Gasteiger partial charge in [-0.05, 0) is 41.9 Å². The standard InChI is InChI=1S/C13H17BrN2O/c1-4-16(10(2)9-17-3)13-7-5-6-12(14)11(13)8-15/h5-7,10H,4,9H2,1-3H3. The van der Waals surface area contributed by atoms with Crippen molar-refractivity contribution in [2.75, 3.05) is 25.2 Å². The monoisotopic (exact) mass is 296 g/mol. The summed E-state index contributed by atoms with van der Waals surface area (Å²) >= 11 is 3.41. The maximum atomic E-state index is 9.22. The highest BCUT2D eigenvalue weighted by Crippen LogP contribution is 2.28. The van der Waals surface area contributed by atoms with E-state index >= 15 is 0 Å². The fraction of sp³-hybridized carbons (Fsp3) is 0.462. The zero-order chi connectivity index (χ0) is 12.8. The molecule has 1 aromatic rings. The van der Waals surface area contributed by atoms with Crippen LogP contribution in [0.3, 0.4) is 0 Å². The highest BCUT2D eigenvalue weighted by atomic mass is 79.9. The van der Waals surface area contributed by atoms with E-state index in [-0.39, 0.29) is 6.04 Å². The summed E-state index contributed by atoms with van der Waals surface area (Å²) in [4.78, 5) is 2.17. The molecule has 1 unspecified atom stereocenters. The SMILES string of the molecule is CCN(c1cccc(Br)c1C#N)C(C)COC. The summed E-state index contributed by atoms with van der Waals surface area (Å²) in [5.74, 6) is 0. The van der Waals surface area contributed by atoms with Gasteiger partial charge in [0.05, 0.1) is 17.9 Å². The second-order valence-corrected chi connectivity index (χ2v) is 4.69. The summed E-state index contributed by atoms with van der Waals surface area (Å²) in [6.45, 7) is 5.66. The van der Waals surface area contributed by atoms with Gasteiger partial charge in [0.2, 0.25) is 0 Å². The van der Waals surface area contributed by atoms with Crippen molar-refractivity contribution in [3.8, 4) is 6.07 Å². The molecule has 3 nitrogen and oxygen atoms in total. The van der Waals surface area contributed by atoms with Gasteiger partial charge in [-0.1, -0.05) is 6.07 Å². The van der Waals surface area contributed by atoms with Crippen LogP contribution in [0.2, 0.25) is 0 Å². The predicted molar refractivity (Wildman–Crippen MR) is 73.2 cm³/mol. The smallest absolute Gasteiger partial charge is 0.103 e. The first kappa shape index (κ1) is 14.0. The molecule has 0 spiro atoms. The van der Waals surface area contributed by atoms with Gasteiger partial charge in [0.25, 0.3) is 0 Å². The Kier molecular flexibility index (Phi) is 5.46. The maximum Gasteiger partial charge on any atom is 0.103 e. The lowest BCUT2D eigenvalue weighted by atomic mass is 10.1. The first-order chi connectivity index (χ1) is 8.15. The van der Waals surface area contributed by atoms with Crippen molar-refractivity contribution < 1.29 is 4.74 Å². The van der Waals surface area contributed by atoms with Crippen LogP contribution >= 0.6 is 15.9 Å². The van der Waals surface area contributed by atoms with Crippen molar-refractivity contribution in [1.82, 2.24) is 0 Å². The van der Waals surface area contributed by atoms with E-state index in [4.69, 9.17) is 4.74 Å². The van der Waals surface area contributed by atoms with Crippen LogP contribution in [0.25, 0.3) is 0 Å². The maximum absolute atomic E-state index is 9.22. The molecule has 1 atom stereocenters. The normalized spacial score (nSPS) is 11.9. The molecular weight excluding hydrogens is 280 g/mol. The molecule has 0 saturated heterocycles. The van der Waals surface area contributed by atoms with Gasteiger partial charge in [-0.3, -0.25) is 0 Å². The molecule has 0 N–H and O–H groups in total. The molecule has 0 amide bonds. The van der Waals surface area contributed by atoms with Crippen LogP contribution in [-0.4, -0.2) is 26.3 Å².